The zero-order chi connectivity index (χ0) is 19.4. The smallest absolute Gasteiger partial charge is 0.214 e. The number of halogens is 2. The summed E-state index contributed by atoms with van der Waals surface area (Å²) in [6, 6.07) is 2.70. The number of ether oxygens (including phenoxy) is 1. The molecule has 0 radical (unpaired) electrons. The molecule has 2 fully saturated rings. The predicted molar refractivity (Wildman–Crippen MR) is 101 cm³/mol. The molecule has 0 aliphatic carbocycles. The lowest BCUT2D eigenvalue weighted by molar-refractivity contribution is 0.148. The van der Waals surface area contributed by atoms with E-state index >= 15 is 0 Å². The average Bonchev–Trinajstić information content (AvgIpc) is 2.65. The van der Waals surface area contributed by atoms with Gasteiger partial charge in [-0.3, -0.25) is 0 Å². The molecular formula is C19H28F2N2O3S. The summed E-state index contributed by atoms with van der Waals surface area (Å²) in [6.45, 7) is 4.19. The summed E-state index contributed by atoms with van der Waals surface area (Å²) < 4.78 is 60.4. The third kappa shape index (κ3) is 4.97. The van der Waals surface area contributed by atoms with Crippen molar-refractivity contribution in [1.29, 1.82) is 0 Å². The first-order valence-electron chi connectivity index (χ1n) is 9.75. The van der Waals surface area contributed by atoms with Crippen molar-refractivity contribution in [2.45, 2.75) is 51.0 Å². The van der Waals surface area contributed by atoms with E-state index in [0.29, 0.717) is 37.9 Å². The van der Waals surface area contributed by atoms with Gasteiger partial charge in [-0.2, -0.15) is 0 Å². The molecule has 8 heteroatoms. The minimum absolute atomic E-state index is 0.0463. The van der Waals surface area contributed by atoms with E-state index in [-0.39, 0.29) is 23.5 Å². The SMILES string of the molecule is CCCS(=O)(=O)N1CCC(c2cc(F)c(OC3CCNCC3)c(F)c2)CC1. The Hall–Kier alpha value is -1.25. The van der Waals surface area contributed by atoms with Crippen molar-refractivity contribution in [1.82, 2.24) is 9.62 Å². The zero-order valence-corrected chi connectivity index (χ0v) is 16.5. The highest BCUT2D eigenvalue weighted by Crippen LogP contribution is 2.34. The van der Waals surface area contributed by atoms with E-state index in [1.807, 2.05) is 6.92 Å². The molecule has 0 saturated carbocycles. The largest absolute Gasteiger partial charge is 0.484 e. The van der Waals surface area contributed by atoms with Crippen LogP contribution < -0.4 is 10.1 Å². The van der Waals surface area contributed by atoms with Crippen LogP contribution in [0.2, 0.25) is 0 Å². The highest BCUT2D eigenvalue weighted by Gasteiger charge is 2.29. The molecule has 0 aromatic heterocycles. The van der Waals surface area contributed by atoms with E-state index in [9.17, 15) is 17.2 Å². The third-order valence-corrected chi connectivity index (χ3v) is 7.45. The lowest BCUT2D eigenvalue weighted by Gasteiger charge is -2.31. The minimum Gasteiger partial charge on any atom is -0.484 e. The number of hydrogen-bond donors (Lipinski definition) is 1. The molecule has 5 nitrogen and oxygen atoms in total. The highest BCUT2D eigenvalue weighted by atomic mass is 32.2. The number of nitrogens with zero attached hydrogens (tertiary/aromatic N) is 1. The summed E-state index contributed by atoms with van der Waals surface area (Å²) in [4.78, 5) is 0. The van der Waals surface area contributed by atoms with Crippen LogP contribution in [0.25, 0.3) is 0 Å². The van der Waals surface area contributed by atoms with Crippen molar-refractivity contribution in [2.24, 2.45) is 0 Å². The molecule has 3 rings (SSSR count). The van der Waals surface area contributed by atoms with Crippen molar-refractivity contribution in [3.05, 3.63) is 29.3 Å². The Balaban J connectivity index is 1.66. The van der Waals surface area contributed by atoms with Gasteiger partial charge in [-0.25, -0.2) is 21.5 Å². The van der Waals surface area contributed by atoms with Crippen LogP contribution in [0, 0.1) is 11.6 Å². The second-order valence-corrected chi connectivity index (χ2v) is 9.46. The van der Waals surface area contributed by atoms with Crippen LogP contribution in [0.5, 0.6) is 5.75 Å². The van der Waals surface area contributed by atoms with Crippen molar-refractivity contribution >= 4 is 10.0 Å². The molecule has 27 heavy (non-hydrogen) atoms. The monoisotopic (exact) mass is 402 g/mol. The number of sulfonamides is 1. The van der Waals surface area contributed by atoms with E-state index in [2.05, 4.69) is 5.32 Å². The molecular weight excluding hydrogens is 374 g/mol. The van der Waals surface area contributed by atoms with Gasteiger partial charge in [0, 0.05) is 13.1 Å². The standard InChI is InChI=1S/C19H28F2N2O3S/c1-2-11-27(24,25)23-9-5-14(6-10-23)15-12-17(20)19(18(21)13-15)26-16-3-7-22-8-4-16/h12-14,16,22H,2-11H2,1H3. The number of hydrogen-bond acceptors (Lipinski definition) is 4. The van der Waals surface area contributed by atoms with Crippen molar-refractivity contribution in [3.63, 3.8) is 0 Å². The maximum Gasteiger partial charge on any atom is 0.214 e. The van der Waals surface area contributed by atoms with Crippen molar-refractivity contribution in [3.8, 4) is 5.75 Å². The van der Waals surface area contributed by atoms with Crippen LogP contribution in [0.15, 0.2) is 12.1 Å². The fraction of sp³-hybridized carbons (Fsp3) is 0.684. The van der Waals surface area contributed by atoms with E-state index in [1.54, 1.807) is 0 Å². The Morgan fingerprint density at radius 1 is 1.11 bits per heavy atom. The Kier molecular flexibility index (Phi) is 6.70. The van der Waals surface area contributed by atoms with E-state index in [0.717, 1.165) is 25.9 Å². The number of piperidine rings is 2. The summed E-state index contributed by atoms with van der Waals surface area (Å²) in [5.41, 5.74) is 0.579. The summed E-state index contributed by atoms with van der Waals surface area (Å²) >= 11 is 0. The zero-order valence-electron chi connectivity index (χ0n) is 15.7. The van der Waals surface area contributed by atoms with Crippen LogP contribution in [0.1, 0.15) is 50.5 Å². The van der Waals surface area contributed by atoms with Gasteiger partial charge < -0.3 is 10.1 Å². The van der Waals surface area contributed by atoms with Crippen molar-refractivity contribution in [2.75, 3.05) is 31.9 Å². The lowest BCUT2D eigenvalue weighted by atomic mass is 9.90. The maximum atomic E-state index is 14.5. The van der Waals surface area contributed by atoms with Gasteiger partial charge in [0.2, 0.25) is 10.0 Å². The minimum atomic E-state index is -3.22. The van der Waals surface area contributed by atoms with Crippen LogP contribution in [-0.4, -0.2) is 50.8 Å². The lowest BCUT2D eigenvalue weighted by Crippen LogP contribution is -2.39. The Labute approximate surface area is 160 Å². The molecule has 0 unspecified atom stereocenters. The normalized spacial score (nSPS) is 20.7. The number of rotatable bonds is 6. The summed E-state index contributed by atoms with van der Waals surface area (Å²) in [5, 5.41) is 3.19. The van der Waals surface area contributed by atoms with Gasteiger partial charge in [0.25, 0.3) is 0 Å². The Morgan fingerprint density at radius 2 is 1.70 bits per heavy atom. The second kappa shape index (κ2) is 8.84. The molecule has 2 heterocycles. The average molecular weight is 403 g/mol. The fourth-order valence-corrected chi connectivity index (χ4v) is 5.40. The van der Waals surface area contributed by atoms with Gasteiger partial charge in [0.1, 0.15) is 6.10 Å². The van der Waals surface area contributed by atoms with Crippen LogP contribution in [0.4, 0.5) is 8.78 Å². The molecule has 2 saturated heterocycles. The van der Waals surface area contributed by atoms with E-state index in [1.165, 1.54) is 16.4 Å². The number of benzene rings is 1. The Morgan fingerprint density at radius 3 is 2.26 bits per heavy atom. The molecule has 0 atom stereocenters. The van der Waals surface area contributed by atoms with Crippen LogP contribution in [0.3, 0.4) is 0 Å². The first-order chi connectivity index (χ1) is 12.9. The predicted octanol–water partition coefficient (Wildman–Crippen LogP) is 3.01. The topological polar surface area (TPSA) is 58.6 Å². The van der Waals surface area contributed by atoms with Gasteiger partial charge in [-0.1, -0.05) is 6.92 Å². The summed E-state index contributed by atoms with van der Waals surface area (Å²) in [5.74, 6) is -1.55. The summed E-state index contributed by atoms with van der Waals surface area (Å²) in [6.07, 6.45) is 2.99. The van der Waals surface area contributed by atoms with Gasteiger partial charge in [-0.15, -0.1) is 0 Å². The fourth-order valence-electron chi connectivity index (χ4n) is 3.86. The second-order valence-electron chi connectivity index (χ2n) is 7.37. The molecule has 2 aliphatic rings. The number of nitrogens with one attached hydrogen (secondary N) is 1. The third-order valence-electron chi connectivity index (χ3n) is 5.37. The van der Waals surface area contributed by atoms with Gasteiger partial charge >= 0.3 is 0 Å². The Bertz CT molecular complexity index is 720. The molecule has 1 N–H and O–H groups in total. The molecule has 1 aromatic carbocycles. The quantitative estimate of drug-likeness (QED) is 0.795. The van der Waals surface area contributed by atoms with Gasteiger partial charge in [-0.05, 0) is 68.8 Å². The molecule has 1 aromatic rings. The first kappa shape index (κ1) is 20.5. The molecule has 0 amide bonds. The maximum absolute atomic E-state index is 14.5. The van der Waals surface area contributed by atoms with Crippen LogP contribution in [-0.2, 0) is 10.0 Å². The molecule has 152 valence electrons. The first-order valence-corrected chi connectivity index (χ1v) is 11.4. The van der Waals surface area contributed by atoms with E-state index < -0.39 is 21.7 Å². The molecule has 0 spiro atoms. The molecule has 2 aliphatic heterocycles. The van der Waals surface area contributed by atoms with Gasteiger partial charge in [0.05, 0.1) is 5.75 Å². The van der Waals surface area contributed by atoms with Crippen LogP contribution >= 0.6 is 0 Å². The molecule has 0 bridgehead atoms. The van der Waals surface area contributed by atoms with Gasteiger partial charge in [0.15, 0.2) is 17.4 Å². The van der Waals surface area contributed by atoms with E-state index in [4.69, 9.17) is 4.74 Å². The summed E-state index contributed by atoms with van der Waals surface area (Å²) in [7, 11) is -3.22. The van der Waals surface area contributed by atoms with Crippen molar-refractivity contribution < 1.29 is 21.9 Å². The highest BCUT2D eigenvalue weighted by molar-refractivity contribution is 7.89.